The summed E-state index contributed by atoms with van der Waals surface area (Å²) in [5.41, 5.74) is 0. The SMILES string of the molecule is CCCCCCCCCC.O=C(O)CCl. The van der Waals surface area contributed by atoms with Crippen LogP contribution < -0.4 is 0 Å². The maximum atomic E-state index is 9.24. The largest absolute Gasteiger partial charge is 0.480 e. The summed E-state index contributed by atoms with van der Waals surface area (Å²) in [7, 11) is 0. The van der Waals surface area contributed by atoms with Gasteiger partial charge in [-0.15, -0.1) is 11.6 Å². The Morgan fingerprint density at radius 3 is 1.40 bits per heavy atom. The third kappa shape index (κ3) is 24.8. The van der Waals surface area contributed by atoms with E-state index in [1.165, 1.54) is 51.4 Å². The Balaban J connectivity index is 0. The van der Waals surface area contributed by atoms with E-state index in [9.17, 15) is 4.79 Å². The number of rotatable bonds is 8. The summed E-state index contributed by atoms with van der Waals surface area (Å²) in [5.74, 6) is -1.29. The van der Waals surface area contributed by atoms with Crippen LogP contribution in [0.5, 0.6) is 0 Å². The smallest absolute Gasteiger partial charge is 0.318 e. The average molecular weight is 237 g/mol. The highest BCUT2D eigenvalue weighted by molar-refractivity contribution is 6.26. The molecule has 0 bridgehead atoms. The number of carboxylic acids is 1. The molecule has 0 aliphatic rings. The van der Waals surface area contributed by atoms with Crippen LogP contribution in [-0.4, -0.2) is 17.0 Å². The third-order valence-electron chi connectivity index (χ3n) is 2.07. The topological polar surface area (TPSA) is 37.3 Å². The van der Waals surface area contributed by atoms with E-state index in [1.807, 2.05) is 0 Å². The number of hydrogen-bond acceptors (Lipinski definition) is 1. The zero-order chi connectivity index (χ0) is 11.9. The fourth-order valence-electron chi connectivity index (χ4n) is 1.21. The molecule has 0 heterocycles. The van der Waals surface area contributed by atoms with Gasteiger partial charge in [-0.3, -0.25) is 4.79 Å². The normalized spacial score (nSPS) is 9.27. The molecule has 0 aliphatic carbocycles. The van der Waals surface area contributed by atoms with Crippen molar-refractivity contribution in [2.24, 2.45) is 0 Å². The summed E-state index contributed by atoms with van der Waals surface area (Å²) in [6, 6.07) is 0. The highest BCUT2D eigenvalue weighted by atomic mass is 35.5. The van der Waals surface area contributed by atoms with Crippen LogP contribution in [0.1, 0.15) is 65.2 Å². The van der Waals surface area contributed by atoms with Gasteiger partial charge in [-0.1, -0.05) is 65.2 Å². The first-order valence-electron chi connectivity index (χ1n) is 5.96. The predicted octanol–water partition coefficient (Wildman–Crippen LogP) is 4.46. The van der Waals surface area contributed by atoms with Crippen molar-refractivity contribution in [1.29, 1.82) is 0 Å². The number of unbranched alkanes of at least 4 members (excludes halogenated alkanes) is 7. The molecular weight excluding hydrogens is 212 g/mol. The van der Waals surface area contributed by atoms with Crippen molar-refractivity contribution < 1.29 is 9.90 Å². The van der Waals surface area contributed by atoms with Crippen LogP contribution >= 0.6 is 11.6 Å². The van der Waals surface area contributed by atoms with Crippen LogP contribution in [0.2, 0.25) is 0 Å². The molecule has 2 nitrogen and oxygen atoms in total. The molecule has 0 fully saturated rings. The van der Waals surface area contributed by atoms with Gasteiger partial charge in [-0.05, 0) is 0 Å². The molecule has 0 radical (unpaired) electrons. The number of carboxylic acid groups (broad SMARTS) is 1. The second-order valence-corrected chi connectivity index (χ2v) is 3.92. The van der Waals surface area contributed by atoms with Crippen LogP contribution in [0.4, 0.5) is 0 Å². The van der Waals surface area contributed by atoms with Gasteiger partial charge in [-0.2, -0.15) is 0 Å². The van der Waals surface area contributed by atoms with Crippen LogP contribution in [0.15, 0.2) is 0 Å². The van der Waals surface area contributed by atoms with Crippen molar-refractivity contribution in [3.8, 4) is 0 Å². The highest BCUT2D eigenvalue weighted by Crippen LogP contribution is 2.07. The van der Waals surface area contributed by atoms with E-state index in [0.29, 0.717) is 0 Å². The molecule has 3 heteroatoms. The van der Waals surface area contributed by atoms with Crippen molar-refractivity contribution >= 4 is 17.6 Å². The molecule has 0 atom stereocenters. The molecule has 0 amide bonds. The molecule has 0 spiro atoms. The first-order chi connectivity index (χ1) is 7.18. The molecule has 0 aromatic rings. The van der Waals surface area contributed by atoms with Gasteiger partial charge < -0.3 is 5.11 Å². The van der Waals surface area contributed by atoms with Crippen LogP contribution in [0.3, 0.4) is 0 Å². The lowest BCUT2D eigenvalue weighted by atomic mass is 10.1. The van der Waals surface area contributed by atoms with Gasteiger partial charge in [0.2, 0.25) is 0 Å². The van der Waals surface area contributed by atoms with Crippen LogP contribution in [-0.2, 0) is 4.79 Å². The molecule has 0 saturated heterocycles. The van der Waals surface area contributed by atoms with E-state index in [4.69, 9.17) is 16.7 Å². The second kappa shape index (κ2) is 16.2. The van der Waals surface area contributed by atoms with E-state index < -0.39 is 5.97 Å². The minimum atomic E-state index is -0.980. The summed E-state index contributed by atoms with van der Waals surface area (Å²) >= 11 is 4.74. The van der Waals surface area contributed by atoms with Gasteiger partial charge in [0.15, 0.2) is 0 Å². The minimum Gasteiger partial charge on any atom is -0.480 e. The fourth-order valence-corrected chi connectivity index (χ4v) is 1.21. The summed E-state index contributed by atoms with van der Waals surface area (Å²) in [6.45, 7) is 4.54. The number of alkyl halides is 1. The Morgan fingerprint density at radius 1 is 0.933 bits per heavy atom. The molecule has 0 aromatic heterocycles. The molecule has 15 heavy (non-hydrogen) atoms. The summed E-state index contributed by atoms with van der Waals surface area (Å²) < 4.78 is 0. The average Bonchev–Trinajstić information content (AvgIpc) is 2.24. The van der Waals surface area contributed by atoms with Crippen molar-refractivity contribution in [1.82, 2.24) is 0 Å². The number of halogens is 1. The monoisotopic (exact) mass is 236 g/mol. The van der Waals surface area contributed by atoms with Crippen LogP contribution in [0, 0.1) is 0 Å². The fraction of sp³-hybridized carbons (Fsp3) is 0.917. The first kappa shape index (κ1) is 17.2. The Bertz CT molecular complexity index is 119. The van der Waals surface area contributed by atoms with Gasteiger partial charge in [0.25, 0.3) is 0 Å². The molecule has 0 aromatic carbocycles. The van der Waals surface area contributed by atoms with Crippen molar-refractivity contribution in [2.75, 3.05) is 5.88 Å². The number of hydrogen-bond donors (Lipinski definition) is 1. The van der Waals surface area contributed by atoms with Crippen molar-refractivity contribution in [3.63, 3.8) is 0 Å². The molecule has 0 unspecified atom stereocenters. The van der Waals surface area contributed by atoms with Crippen molar-refractivity contribution in [3.05, 3.63) is 0 Å². The highest BCUT2D eigenvalue weighted by Gasteiger charge is 1.87. The zero-order valence-electron chi connectivity index (χ0n) is 10.1. The van der Waals surface area contributed by atoms with E-state index in [1.54, 1.807) is 0 Å². The maximum Gasteiger partial charge on any atom is 0.318 e. The lowest BCUT2D eigenvalue weighted by molar-refractivity contribution is -0.134. The summed E-state index contributed by atoms with van der Waals surface area (Å²) in [6.07, 6.45) is 11.5. The van der Waals surface area contributed by atoms with E-state index >= 15 is 0 Å². The van der Waals surface area contributed by atoms with E-state index in [-0.39, 0.29) is 5.88 Å². The van der Waals surface area contributed by atoms with E-state index in [2.05, 4.69) is 13.8 Å². The third-order valence-corrected chi connectivity index (χ3v) is 2.30. The lowest BCUT2D eigenvalue weighted by Crippen LogP contribution is -1.92. The van der Waals surface area contributed by atoms with Gasteiger partial charge in [0.1, 0.15) is 5.88 Å². The number of aliphatic carboxylic acids is 1. The predicted molar refractivity (Wildman–Crippen MR) is 66.6 cm³/mol. The van der Waals surface area contributed by atoms with Gasteiger partial charge in [-0.25, -0.2) is 0 Å². The van der Waals surface area contributed by atoms with Gasteiger partial charge >= 0.3 is 5.97 Å². The molecule has 0 saturated carbocycles. The quantitative estimate of drug-likeness (QED) is 0.499. The van der Waals surface area contributed by atoms with Gasteiger partial charge in [0, 0.05) is 0 Å². The van der Waals surface area contributed by atoms with Gasteiger partial charge in [0.05, 0.1) is 0 Å². The lowest BCUT2D eigenvalue weighted by Gasteiger charge is -1.97. The zero-order valence-corrected chi connectivity index (χ0v) is 10.9. The maximum absolute atomic E-state index is 9.24. The summed E-state index contributed by atoms with van der Waals surface area (Å²) in [5, 5.41) is 7.59. The van der Waals surface area contributed by atoms with Crippen LogP contribution in [0.25, 0.3) is 0 Å². The minimum absolute atomic E-state index is 0.306. The molecular formula is C12H25ClO2. The molecule has 0 aliphatic heterocycles. The molecule has 92 valence electrons. The van der Waals surface area contributed by atoms with E-state index in [0.717, 1.165) is 0 Å². The summed E-state index contributed by atoms with van der Waals surface area (Å²) in [4.78, 5) is 9.24. The second-order valence-electron chi connectivity index (χ2n) is 3.65. The van der Waals surface area contributed by atoms with Crippen molar-refractivity contribution in [2.45, 2.75) is 65.2 Å². The molecule has 0 rings (SSSR count). The molecule has 1 N–H and O–H groups in total. The number of carbonyl (C=O) groups is 1. The Hall–Kier alpha value is -0.240. The Kier molecular flexibility index (Phi) is 18.5. The first-order valence-corrected chi connectivity index (χ1v) is 6.50. The Morgan fingerprint density at radius 2 is 1.20 bits per heavy atom. The standard InChI is InChI=1S/C10H22.C2H3ClO2/c1-3-5-7-9-10-8-6-4-2;3-1-2(4)5/h3-10H2,1-2H3;1H2,(H,4,5). The Labute approximate surface area is 99.0 Å².